The number of halogens is 2. The number of carbonyl (C=O) groups is 3. The van der Waals surface area contributed by atoms with Crippen molar-refractivity contribution in [2.45, 2.75) is 6.92 Å². The van der Waals surface area contributed by atoms with E-state index in [2.05, 4.69) is 54.4 Å². The van der Waals surface area contributed by atoms with Gasteiger partial charge in [-0.25, -0.2) is 10.2 Å². The van der Waals surface area contributed by atoms with Crippen molar-refractivity contribution < 1.29 is 23.9 Å². The first-order chi connectivity index (χ1) is 16.9. The number of benzene rings is 3. The van der Waals surface area contributed by atoms with E-state index in [4.69, 9.17) is 9.47 Å². The zero-order valence-electron chi connectivity index (χ0n) is 18.6. The highest BCUT2D eigenvalue weighted by Crippen LogP contribution is 2.23. The molecule has 0 radical (unpaired) electrons. The van der Waals surface area contributed by atoms with Crippen molar-refractivity contribution in [3.8, 4) is 11.5 Å². The Balaban J connectivity index is 1.59. The Kier molecular flexibility index (Phi) is 9.79. The minimum atomic E-state index is -0.549. The fraction of sp³-hybridized carbons (Fsp3) is 0.120. The van der Waals surface area contributed by atoms with Crippen LogP contribution in [0, 0.1) is 3.57 Å². The third-order valence-corrected chi connectivity index (χ3v) is 5.93. The Morgan fingerprint density at radius 1 is 1.06 bits per heavy atom. The average molecular weight is 650 g/mol. The van der Waals surface area contributed by atoms with Crippen molar-refractivity contribution in [3.05, 3.63) is 91.5 Å². The van der Waals surface area contributed by atoms with E-state index < -0.39 is 11.9 Å². The molecule has 10 heteroatoms. The summed E-state index contributed by atoms with van der Waals surface area (Å²) in [5, 5.41) is 6.47. The van der Waals surface area contributed by atoms with Crippen LogP contribution in [0.4, 0.5) is 0 Å². The molecule has 2 N–H and O–H groups in total. The van der Waals surface area contributed by atoms with Crippen LogP contribution in [0.3, 0.4) is 0 Å². The molecule has 0 fully saturated rings. The summed E-state index contributed by atoms with van der Waals surface area (Å²) in [5.74, 6) is -0.497. The van der Waals surface area contributed by atoms with Crippen LogP contribution in [0.15, 0.2) is 76.3 Å². The van der Waals surface area contributed by atoms with Gasteiger partial charge < -0.3 is 14.8 Å². The number of amides is 2. The van der Waals surface area contributed by atoms with Gasteiger partial charge in [-0.1, -0.05) is 28.1 Å². The lowest BCUT2D eigenvalue weighted by Crippen LogP contribution is -2.35. The van der Waals surface area contributed by atoms with Gasteiger partial charge in [0.2, 0.25) is 0 Å². The number of carbonyl (C=O) groups excluding carboxylic acids is 3. The first-order valence-electron chi connectivity index (χ1n) is 10.5. The monoisotopic (exact) mass is 649 g/mol. The van der Waals surface area contributed by atoms with E-state index in [0.29, 0.717) is 29.0 Å². The summed E-state index contributed by atoms with van der Waals surface area (Å²) in [6, 6.07) is 18.7. The van der Waals surface area contributed by atoms with Gasteiger partial charge in [0.1, 0.15) is 11.5 Å². The van der Waals surface area contributed by atoms with Crippen molar-refractivity contribution in [2.75, 3.05) is 13.2 Å². The number of ether oxygens (including phenoxy) is 2. The number of hydrogen-bond donors (Lipinski definition) is 2. The lowest BCUT2D eigenvalue weighted by Gasteiger charge is -2.09. The first-order valence-corrected chi connectivity index (χ1v) is 12.3. The van der Waals surface area contributed by atoms with Crippen LogP contribution >= 0.6 is 38.5 Å². The van der Waals surface area contributed by atoms with Crippen LogP contribution in [0.25, 0.3) is 0 Å². The Morgan fingerprint density at radius 2 is 1.80 bits per heavy atom. The highest BCUT2D eigenvalue weighted by atomic mass is 127. The summed E-state index contributed by atoms with van der Waals surface area (Å²) in [5.41, 5.74) is 3.65. The van der Waals surface area contributed by atoms with Crippen LogP contribution in [0.2, 0.25) is 0 Å². The maximum atomic E-state index is 12.6. The second kappa shape index (κ2) is 13.0. The fourth-order valence-corrected chi connectivity index (χ4v) is 3.85. The van der Waals surface area contributed by atoms with Crippen LogP contribution in [0.1, 0.15) is 33.2 Å². The van der Waals surface area contributed by atoms with E-state index in [0.717, 1.165) is 8.04 Å². The normalized spacial score (nSPS) is 10.6. The Hall–Kier alpha value is -3.25. The predicted octanol–water partition coefficient (Wildman–Crippen LogP) is 4.55. The predicted molar refractivity (Wildman–Crippen MR) is 144 cm³/mol. The Morgan fingerprint density at radius 3 is 2.51 bits per heavy atom. The molecule has 0 saturated carbocycles. The topological polar surface area (TPSA) is 106 Å². The zero-order valence-corrected chi connectivity index (χ0v) is 22.3. The standard InChI is InChI=1S/C25H21BrIN3O5/c1-2-34-19-10-7-16(8-11-19)25(33)35-22-12-9-18(26)13-17(22)14-29-30-23(31)15-28-24(32)20-5-3-4-6-21(20)27/h3-14H,2,15H2,1H3,(H,28,32)(H,30,31)/b29-14+. The van der Waals surface area contributed by atoms with Crippen LogP contribution in [0.5, 0.6) is 11.5 Å². The third-order valence-electron chi connectivity index (χ3n) is 4.50. The molecule has 0 aliphatic rings. The van der Waals surface area contributed by atoms with Gasteiger partial charge in [0, 0.05) is 13.6 Å². The molecule has 0 atom stereocenters. The molecule has 0 saturated heterocycles. The molecule has 0 unspecified atom stereocenters. The second-order valence-corrected chi connectivity index (χ2v) is 9.06. The van der Waals surface area contributed by atoms with E-state index >= 15 is 0 Å². The largest absolute Gasteiger partial charge is 0.494 e. The minimum Gasteiger partial charge on any atom is -0.494 e. The number of esters is 1. The molecule has 0 heterocycles. The molecule has 0 aliphatic carbocycles. The molecule has 35 heavy (non-hydrogen) atoms. The molecule has 3 aromatic rings. The lowest BCUT2D eigenvalue weighted by atomic mass is 10.2. The maximum Gasteiger partial charge on any atom is 0.343 e. The molecule has 8 nitrogen and oxygen atoms in total. The minimum absolute atomic E-state index is 0.251. The van der Waals surface area contributed by atoms with E-state index in [-0.39, 0.29) is 18.2 Å². The molecule has 0 spiro atoms. The summed E-state index contributed by atoms with van der Waals surface area (Å²) in [7, 11) is 0. The zero-order chi connectivity index (χ0) is 25.2. The van der Waals surface area contributed by atoms with Crippen LogP contribution in [-0.4, -0.2) is 37.1 Å². The summed E-state index contributed by atoms with van der Waals surface area (Å²) in [6.07, 6.45) is 1.35. The van der Waals surface area contributed by atoms with Gasteiger partial charge in [0.25, 0.3) is 11.8 Å². The molecule has 3 aromatic carbocycles. The third kappa shape index (κ3) is 7.89. The maximum absolute atomic E-state index is 12.6. The molecule has 2 amide bonds. The smallest absolute Gasteiger partial charge is 0.343 e. The molecule has 0 aliphatic heterocycles. The van der Waals surface area contributed by atoms with Gasteiger partial charge in [-0.05, 0) is 84.1 Å². The van der Waals surface area contributed by atoms with Gasteiger partial charge in [0.05, 0.1) is 30.5 Å². The van der Waals surface area contributed by atoms with Crippen molar-refractivity contribution in [2.24, 2.45) is 5.10 Å². The van der Waals surface area contributed by atoms with Crippen LogP contribution < -0.4 is 20.2 Å². The molecule has 3 rings (SSSR count). The van der Waals surface area contributed by atoms with Crippen molar-refractivity contribution in [3.63, 3.8) is 0 Å². The van der Waals surface area contributed by atoms with Crippen molar-refractivity contribution in [1.82, 2.24) is 10.7 Å². The fourth-order valence-electron chi connectivity index (χ4n) is 2.84. The van der Waals surface area contributed by atoms with Gasteiger partial charge in [0.15, 0.2) is 0 Å². The van der Waals surface area contributed by atoms with Crippen molar-refractivity contribution >= 4 is 62.5 Å². The summed E-state index contributed by atoms with van der Waals surface area (Å²) < 4.78 is 12.4. The van der Waals surface area contributed by atoms with E-state index in [1.807, 2.05) is 13.0 Å². The molecule has 0 bridgehead atoms. The summed E-state index contributed by atoms with van der Waals surface area (Å²) in [6.45, 7) is 2.16. The summed E-state index contributed by atoms with van der Waals surface area (Å²) >= 11 is 5.42. The van der Waals surface area contributed by atoms with Gasteiger partial charge in [-0.3, -0.25) is 9.59 Å². The highest BCUT2D eigenvalue weighted by molar-refractivity contribution is 14.1. The Labute approximate surface area is 224 Å². The SMILES string of the molecule is CCOc1ccc(C(=O)Oc2ccc(Br)cc2/C=N/NC(=O)CNC(=O)c2ccccc2I)cc1. The highest BCUT2D eigenvalue weighted by Gasteiger charge is 2.13. The molecule has 0 aromatic heterocycles. The summed E-state index contributed by atoms with van der Waals surface area (Å²) in [4.78, 5) is 36.9. The number of nitrogens with one attached hydrogen (secondary N) is 2. The van der Waals surface area contributed by atoms with E-state index in [1.54, 1.807) is 60.7 Å². The van der Waals surface area contributed by atoms with E-state index in [9.17, 15) is 14.4 Å². The average Bonchev–Trinajstić information content (AvgIpc) is 2.85. The number of hydrogen-bond acceptors (Lipinski definition) is 6. The van der Waals surface area contributed by atoms with Gasteiger partial charge in [-0.2, -0.15) is 5.10 Å². The quantitative estimate of drug-likeness (QED) is 0.116. The Bertz CT molecular complexity index is 1250. The number of nitrogens with zero attached hydrogens (tertiary/aromatic N) is 1. The lowest BCUT2D eigenvalue weighted by molar-refractivity contribution is -0.120. The van der Waals surface area contributed by atoms with Crippen molar-refractivity contribution in [1.29, 1.82) is 0 Å². The van der Waals surface area contributed by atoms with Crippen LogP contribution in [-0.2, 0) is 4.79 Å². The number of rotatable bonds is 9. The van der Waals surface area contributed by atoms with Gasteiger partial charge >= 0.3 is 5.97 Å². The number of hydrazone groups is 1. The molecular formula is C25H21BrIN3O5. The first kappa shape index (κ1) is 26.4. The molecular weight excluding hydrogens is 629 g/mol. The second-order valence-electron chi connectivity index (χ2n) is 6.98. The van der Waals surface area contributed by atoms with Gasteiger partial charge in [-0.15, -0.1) is 0 Å². The van der Waals surface area contributed by atoms with E-state index in [1.165, 1.54) is 6.21 Å². The molecule has 180 valence electrons.